The van der Waals surface area contributed by atoms with Crippen molar-refractivity contribution in [3.8, 4) is 0 Å². The van der Waals surface area contributed by atoms with Crippen molar-refractivity contribution in [3.63, 3.8) is 0 Å². The Balaban J connectivity index is 1.11. The molecular formula is C28H42N2O2. The molecule has 0 N–H and O–H groups in total. The van der Waals surface area contributed by atoms with Gasteiger partial charge in [0.2, 0.25) is 11.8 Å². The highest BCUT2D eigenvalue weighted by Crippen LogP contribution is 2.67. The van der Waals surface area contributed by atoms with Crippen molar-refractivity contribution in [2.75, 3.05) is 19.8 Å². The zero-order valence-electron chi connectivity index (χ0n) is 20.3. The zero-order valence-corrected chi connectivity index (χ0v) is 20.3. The summed E-state index contributed by atoms with van der Waals surface area (Å²) in [6.07, 6.45) is 15.7. The third-order valence-corrected chi connectivity index (χ3v) is 11.4. The van der Waals surface area contributed by atoms with Crippen molar-refractivity contribution in [1.29, 1.82) is 0 Å². The van der Waals surface area contributed by atoms with E-state index >= 15 is 0 Å². The minimum Gasteiger partial charge on any atom is -0.324 e. The van der Waals surface area contributed by atoms with E-state index in [1.807, 2.05) is 0 Å². The summed E-state index contributed by atoms with van der Waals surface area (Å²) in [4.78, 5) is 32.3. The SMILES string of the molecule is CC12CC3CC(C1)CC(C(=O)N1CCCN(C(=O)C45CC6CC(CC(C)(C6)C4)C5)C1)(C3)C2. The second-order valence-electron chi connectivity index (χ2n) is 14.7. The van der Waals surface area contributed by atoms with Gasteiger partial charge in [-0.1, -0.05) is 13.8 Å². The summed E-state index contributed by atoms with van der Waals surface area (Å²) in [7, 11) is 0. The fourth-order valence-electron chi connectivity index (χ4n) is 11.7. The van der Waals surface area contributed by atoms with Gasteiger partial charge < -0.3 is 9.80 Å². The summed E-state index contributed by atoms with van der Waals surface area (Å²) in [6, 6.07) is 0. The highest BCUT2D eigenvalue weighted by Gasteiger charge is 2.61. The predicted octanol–water partition coefficient (Wildman–Crippen LogP) is 5.22. The van der Waals surface area contributed by atoms with Gasteiger partial charge in [0.25, 0.3) is 0 Å². The Morgan fingerprint density at radius 3 is 1.34 bits per heavy atom. The van der Waals surface area contributed by atoms with Gasteiger partial charge in [0, 0.05) is 13.1 Å². The fraction of sp³-hybridized carbons (Fsp3) is 0.929. The van der Waals surface area contributed by atoms with Gasteiger partial charge in [-0.25, -0.2) is 0 Å². The number of carbonyl (C=O) groups excluding carboxylic acids is 2. The minimum atomic E-state index is -0.112. The highest BCUT2D eigenvalue weighted by molar-refractivity contribution is 5.86. The molecule has 8 bridgehead atoms. The van der Waals surface area contributed by atoms with Crippen LogP contribution in [-0.2, 0) is 9.59 Å². The normalized spacial score (nSPS) is 53.2. The van der Waals surface area contributed by atoms with Crippen LogP contribution in [0.2, 0.25) is 0 Å². The largest absolute Gasteiger partial charge is 0.324 e. The number of rotatable bonds is 2. The first-order chi connectivity index (χ1) is 15.2. The number of amides is 2. The van der Waals surface area contributed by atoms with Crippen LogP contribution in [0, 0.1) is 45.3 Å². The molecule has 0 radical (unpaired) electrons. The van der Waals surface area contributed by atoms with Gasteiger partial charge >= 0.3 is 0 Å². The van der Waals surface area contributed by atoms with E-state index in [0.717, 1.165) is 81.7 Å². The Morgan fingerprint density at radius 1 is 0.625 bits per heavy atom. The van der Waals surface area contributed by atoms with Gasteiger partial charge in [-0.05, 0) is 118 Å². The first-order valence-corrected chi connectivity index (χ1v) is 13.8. The first kappa shape index (κ1) is 20.3. The maximum atomic E-state index is 14.0. The van der Waals surface area contributed by atoms with E-state index in [1.165, 1.54) is 38.5 Å². The molecule has 0 aromatic rings. The molecule has 4 nitrogen and oxygen atoms in total. The monoisotopic (exact) mass is 438 g/mol. The molecule has 9 aliphatic rings. The van der Waals surface area contributed by atoms with Crippen LogP contribution in [0.15, 0.2) is 0 Å². The maximum Gasteiger partial charge on any atom is 0.230 e. The third kappa shape index (κ3) is 2.86. The molecule has 32 heavy (non-hydrogen) atoms. The molecule has 1 heterocycles. The molecule has 9 rings (SSSR count). The topological polar surface area (TPSA) is 40.6 Å². The van der Waals surface area contributed by atoms with Crippen molar-refractivity contribution >= 4 is 11.8 Å². The number of nitrogens with zero attached hydrogens (tertiary/aromatic N) is 2. The first-order valence-electron chi connectivity index (χ1n) is 13.8. The summed E-state index contributed by atoms with van der Waals surface area (Å²) in [5.74, 6) is 3.88. The Hall–Kier alpha value is -1.06. The molecule has 1 saturated heterocycles. The van der Waals surface area contributed by atoms with E-state index in [2.05, 4.69) is 23.6 Å². The van der Waals surface area contributed by atoms with Crippen LogP contribution in [0.1, 0.15) is 97.3 Å². The zero-order chi connectivity index (χ0) is 21.9. The van der Waals surface area contributed by atoms with Crippen molar-refractivity contribution in [2.45, 2.75) is 97.3 Å². The summed E-state index contributed by atoms with van der Waals surface area (Å²) in [5, 5.41) is 0. The fourth-order valence-corrected chi connectivity index (χ4v) is 11.7. The molecule has 0 aromatic heterocycles. The molecule has 0 spiro atoms. The van der Waals surface area contributed by atoms with Crippen molar-refractivity contribution in [2.24, 2.45) is 45.3 Å². The molecule has 4 atom stereocenters. The van der Waals surface area contributed by atoms with E-state index in [1.54, 1.807) is 0 Å². The molecule has 2 amide bonds. The molecule has 4 unspecified atom stereocenters. The van der Waals surface area contributed by atoms with Crippen molar-refractivity contribution in [3.05, 3.63) is 0 Å². The molecule has 1 aliphatic heterocycles. The Morgan fingerprint density at radius 2 is 1.00 bits per heavy atom. The maximum absolute atomic E-state index is 14.0. The van der Waals surface area contributed by atoms with Crippen molar-refractivity contribution < 1.29 is 9.59 Å². The lowest BCUT2D eigenvalue weighted by Crippen LogP contribution is -2.62. The van der Waals surface area contributed by atoms with Gasteiger partial charge in [-0.2, -0.15) is 0 Å². The summed E-state index contributed by atoms with van der Waals surface area (Å²) in [5.41, 5.74) is 0.553. The Kier molecular flexibility index (Phi) is 4.02. The van der Waals surface area contributed by atoms with E-state index in [0.29, 0.717) is 29.3 Å². The van der Waals surface area contributed by atoms with Gasteiger partial charge in [0.1, 0.15) is 0 Å². The molecule has 8 saturated carbocycles. The standard InChI is InChI=1S/C28H42N2O2/c1-25-8-19-6-20(9-25)13-27(12-19,16-25)23(31)29-4-3-5-30(18-29)24(32)28-14-21-7-22(15-28)11-26(2,10-21)17-28/h19-22H,3-18H2,1-2H3. The number of hydrogen-bond donors (Lipinski definition) is 0. The average molecular weight is 439 g/mol. The number of hydrogen-bond acceptors (Lipinski definition) is 2. The van der Waals surface area contributed by atoms with E-state index in [-0.39, 0.29) is 10.8 Å². The second-order valence-corrected chi connectivity index (χ2v) is 14.7. The summed E-state index contributed by atoms with van der Waals surface area (Å²) in [6.45, 7) is 7.18. The van der Waals surface area contributed by atoms with Crippen LogP contribution in [0.25, 0.3) is 0 Å². The Labute approximate surface area is 193 Å². The quantitative estimate of drug-likeness (QED) is 0.593. The van der Waals surface area contributed by atoms with Crippen molar-refractivity contribution in [1.82, 2.24) is 9.80 Å². The van der Waals surface area contributed by atoms with Crippen LogP contribution in [0.3, 0.4) is 0 Å². The Bertz CT molecular complexity index is 767. The van der Waals surface area contributed by atoms with Crippen LogP contribution >= 0.6 is 0 Å². The average Bonchev–Trinajstić information content (AvgIpc) is 2.69. The second kappa shape index (κ2) is 6.33. The molecule has 8 aliphatic carbocycles. The van der Waals surface area contributed by atoms with Gasteiger partial charge in [-0.15, -0.1) is 0 Å². The summed E-state index contributed by atoms with van der Waals surface area (Å²) >= 11 is 0. The van der Waals surface area contributed by atoms with E-state index < -0.39 is 0 Å². The third-order valence-electron chi connectivity index (χ3n) is 11.4. The molecule has 4 heteroatoms. The predicted molar refractivity (Wildman–Crippen MR) is 123 cm³/mol. The van der Waals surface area contributed by atoms with E-state index in [4.69, 9.17) is 0 Å². The lowest BCUT2D eigenvalue weighted by atomic mass is 9.44. The molecular weight excluding hydrogens is 396 g/mol. The summed E-state index contributed by atoms with van der Waals surface area (Å²) < 4.78 is 0. The van der Waals surface area contributed by atoms with Crippen LogP contribution < -0.4 is 0 Å². The lowest BCUT2D eigenvalue weighted by molar-refractivity contribution is -0.178. The molecule has 176 valence electrons. The van der Waals surface area contributed by atoms with Gasteiger partial charge in [0.15, 0.2) is 0 Å². The minimum absolute atomic E-state index is 0.112. The smallest absolute Gasteiger partial charge is 0.230 e. The lowest BCUT2D eigenvalue weighted by Gasteiger charge is -2.62. The number of carbonyl (C=O) groups is 2. The molecule has 0 aromatic carbocycles. The van der Waals surface area contributed by atoms with E-state index in [9.17, 15) is 9.59 Å². The van der Waals surface area contributed by atoms with Crippen LogP contribution in [-0.4, -0.2) is 41.4 Å². The molecule has 9 fully saturated rings. The van der Waals surface area contributed by atoms with Gasteiger partial charge in [-0.3, -0.25) is 9.59 Å². The van der Waals surface area contributed by atoms with Crippen LogP contribution in [0.4, 0.5) is 0 Å². The van der Waals surface area contributed by atoms with Gasteiger partial charge in [0.05, 0.1) is 17.5 Å². The van der Waals surface area contributed by atoms with Crippen LogP contribution in [0.5, 0.6) is 0 Å². The highest BCUT2D eigenvalue weighted by atomic mass is 16.2.